The molecule has 3 aromatic rings. The van der Waals surface area contributed by atoms with Gasteiger partial charge in [0, 0.05) is 4.47 Å². The first-order chi connectivity index (χ1) is 8.75. The molecule has 0 amide bonds. The van der Waals surface area contributed by atoms with Gasteiger partial charge in [-0.2, -0.15) is 0 Å². The highest BCUT2D eigenvalue weighted by molar-refractivity contribution is 9.10. The first-order valence-electron chi connectivity index (χ1n) is 5.45. The number of fused-ring (bicyclic) bond motifs is 1. The van der Waals surface area contributed by atoms with Gasteiger partial charge in [0.15, 0.2) is 6.26 Å². The van der Waals surface area contributed by atoms with Crippen LogP contribution >= 0.6 is 15.9 Å². The molecule has 0 aliphatic carbocycles. The lowest BCUT2D eigenvalue weighted by Crippen LogP contribution is -2.04. The molecule has 0 saturated carbocycles. The van der Waals surface area contributed by atoms with Crippen LogP contribution in [0.4, 0.5) is 0 Å². The van der Waals surface area contributed by atoms with E-state index in [1.165, 1.54) is 0 Å². The molecule has 0 unspecified atom stereocenters. The monoisotopic (exact) mass is 299 g/mol. The average Bonchev–Trinajstić information content (AvgIpc) is 2.41. The molecule has 1 aromatic heterocycles. The highest BCUT2D eigenvalue weighted by Gasteiger charge is 2.09. The van der Waals surface area contributed by atoms with Crippen molar-refractivity contribution < 1.29 is 4.42 Å². The summed E-state index contributed by atoms with van der Waals surface area (Å²) in [5.74, 6) is 0. The summed E-state index contributed by atoms with van der Waals surface area (Å²) in [4.78, 5) is 12.4. The predicted molar refractivity (Wildman–Crippen MR) is 74.5 cm³/mol. The van der Waals surface area contributed by atoms with Gasteiger partial charge in [0.05, 0.1) is 10.9 Å². The van der Waals surface area contributed by atoms with Gasteiger partial charge in [0.1, 0.15) is 5.58 Å². The standard InChI is InChI=1S/C15H8BrO2/c16-11-6-7-14-12(8-11)15(17)13(9-18-14)10-4-2-1-3-5-10/h1-8H. The smallest absolute Gasteiger partial charge is 0.201 e. The van der Waals surface area contributed by atoms with E-state index in [1.54, 1.807) is 12.1 Å². The molecule has 0 N–H and O–H groups in total. The van der Waals surface area contributed by atoms with Crippen molar-refractivity contribution in [1.29, 1.82) is 0 Å². The summed E-state index contributed by atoms with van der Waals surface area (Å²) in [6.45, 7) is 0. The normalized spacial score (nSPS) is 10.7. The number of hydrogen-bond acceptors (Lipinski definition) is 2. The van der Waals surface area contributed by atoms with E-state index in [0.29, 0.717) is 16.5 Å². The molecule has 2 nitrogen and oxygen atoms in total. The largest absolute Gasteiger partial charge is 0.452 e. The summed E-state index contributed by atoms with van der Waals surface area (Å²) < 4.78 is 6.24. The van der Waals surface area contributed by atoms with Crippen molar-refractivity contribution in [3.05, 3.63) is 69.5 Å². The molecule has 2 aromatic carbocycles. The summed E-state index contributed by atoms with van der Waals surface area (Å²) in [5.41, 5.74) is 1.75. The van der Waals surface area contributed by atoms with Crippen molar-refractivity contribution in [2.45, 2.75) is 0 Å². The Hall–Kier alpha value is -1.87. The minimum Gasteiger partial charge on any atom is -0.452 e. The Kier molecular flexibility index (Phi) is 2.76. The van der Waals surface area contributed by atoms with Crippen LogP contribution in [0.15, 0.2) is 62.2 Å². The first-order valence-corrected chi connectivity index (χ1v) is 6.24. The summed E-state index contributed by atoms with van der Waals surface area (Å²) >= 11 is 3.36. The van der Waals surface area contributed by atoms with Crippen molar-refractivity contribution in [1.82, 2.24) is 0 Å². The summed E-state index contributed by atoms with van der Waals surface area (Å²) in [6.07, 6.45) is 2.71. The van der Waals surface area contributed by atoms with Gasteiger partial charge in [-0.05, 0) is 23.8 Å². The van der Waals surface area contributed by atoms with E-state index in [1.807, 2.05) is 36.4 Å². The van der Waals surface area contributed by atoms with Gasteiger partial charge in [-0.3, -0.25) is 4.79 Å². The minimum absolute atomic E-state index is 0.0660. The lowest BCUT2D eigenvalue weighted by atomic mass is 10.1. The van der Waals surface area contributed by atoms with Gasteiger partial charge >= 0.3 is 0 Å². The Labute approximate surface area is 112 Å². The second kappa shape index (κ2) is 4.42. The molecule has 1 radical (unpaired) electrons. The third kappa shape index (κ3) is 1.87. The molecule has 0 bridgehead atoms. The topological polar surface area (TPSA) is 30.2 Å². The maximum Gasteiger partial charge on any atom is 0.201 e. The minimum atomic E-state index is -0.0660. The second-order valence-electron chi connectivity index (χ2n) is 3.91. The molecule has 3 heteroatoms. The quantitative estimate of drug-likeness (QED) is 0.679. The Morgan fingerprint density at radius 3 is 2.61 bits per heavy atom. The molecule has 0 atom stereocenters. The molecule has 87 valence electrons. The van der Waals surface area contributed by atoms with Crippen LogP contribution in [0.25, 0.3) is 22.1 Å². The molecule has 0 spiro atoms. The van der Waals surface area contributed by atoms with Crippen LogP contribution in [0.1, 0.15) is 0 Å². The van der Waals surface area contributed by atoms with E-state index in [-0.39, 0.29) is 5.43 Å². The van der Waals surface area contributed by atoms with Gasteiger partial charge < -0.3 is 4.42 Å². The Morgan fingerprint density at radius 2 is 1.83 bits per heavy atom. The van der Waals surface area contributed by atoms with Crippen molar-refractivity contribution in [2.24, 2.45) is 0 Å². The van der Waals surface area contributed by atoms with E-state index in [4.69, 9.17) is 4.42 Å². The molecule has 0 fully saturated rings. The van der Waals surface area contributed by atoms with Crippen LogP contribution in [0.3, 0.4) is 0 Å². The summed E-state index contributed by atoms with van der Waals surface area (Å²) in [5, 5.41) is 0.557. The van der Waals surface area contributed by atoms with Gasteiger partial charge in [-0.25, -0.2) is 0 Å². The van der Waals surface area contributed by atoms with Gasteiger partial charge in [-0.15, -0.1) is 0 Å². The zero-order valence-corrected chi connectivity index (χ0v) is 10.9. The molecule has 0 saturated heterocycles. The fraction of sp³-hybridized carbons (Fsp3) is 0. The highest BCUT2D eigenvalue weighted by atomic mass is 79.9. The van der Waals surface area contributed by atoms with Crippen LogP contribution in [0.5, 0.6) is 0 Å². The average molecular weight is 300 g/mol. The number of benzene rings is 2. The maximum absolute atomic E-state index is 12.4. The van der Waals surface area contributed by atoms with E-state index in [0.717, 1.165) is 10.0 Å². The van der Waals surface area contributed by atoms with Crippen LogP contribution in [0.2, 0.25) is 0 Å². The van der Waals surface area contributed by atoms with Gasteiger partial charge in [0.25, 0.3) is 0 Å². The van der Waals surface area contributed by atoms with Crippen molar-refractivity contribution in [2.75, 3.05) is 0 Å². The van der Waals surface area contributed by atoms with Gasteiger partial charge in [-0.1, -0.05) is 46.3 Å². The van der Waals surface area contributed by atoms with E-state index in [2.05, 4.69) is 22.2 Å². The third-order valence-electron chi connectivity index (χ3n) is 2.74. The second-order valence-corrected chi connectivity index (χ2v) is 4.83. The molecule has 0 aliphatic rings. The molecule has 0 aliphatic heterocycles. The lowest BCUT2D eigenvalue weighted by molar-refractivity contribution is 0.594. The molecular weight excluding hydrogens is 292 g/mol. The SMILES string of the molecule is O=c1c(-c2ccccc2)[c]oc2ccc(Br)cc12. The van der Waals surface area contributed by atoms with E-state index < -0.39 is 0 Å². The maximum atomic E-state index is 12.4. The molecule has 1 heterocycles. The van der Waals surface area contributed by atoms with Crippen LogP contribution in [-0.2, 0) is 0 Å². The number of hydrogen-bond donors (Lipinski definition) is 0. The predicted octanol–water partition coefficient (Wildman–Crippen LogP) is 4.02. The van der Waals surface area contributed by atoms with E-state index in [9.17, 15) is 4.79 Å². The fourth-order valence-electron chi connectivity index (χ4n) is 1.85. The first kappa shape index (κ1) is 11.2. The van der Waals surface area contributed by atoms with Crippen molar-refractivity contribution >= 4 is 26.9 Å². The zero-order chi connectivity index (χ0) is 12.5. The van der Waals surface area contributed by atoms with Crippen LogP contribution < -0.4 is 5.43 Å². The third-order valence-corrected chi connectivity index (χ3v) is 3.23. The van der Waals surface area contributed by atoms with Crippen LogP contribution in [0, 0.1) is 6.26 Å². The molecular formula is C15H8BrO2. The Bertz CT molecular complexity index is 760. The van der Waals surface area contributed by atoms with E-state index >= 15 is 0 Å². The molecule has 18 heavy (non-hydrogen) atoms. The number of rotatable bonds is 1. The van der Waals surface area contributed by atoms with Crippen molar-refractivity contribution in [3.63, 3.8) is 0 Å². The summed E-state index contributed by atoms with van der Waals surface area (Å²) in [7, 11) is 0. The number of halogens is 1. The Balaban J connectivity index is 2.33. The Morgan fingerprint density at radius 1 is 1.06 bits per heavy atom. The zero-order valence-electron chi connectivity index (χ0n) is 9.31. The van der Waals surface area contributed by atoms with Crippen LogP contribution in [-0.4, -0.2) is 0 Å². The van der Waals surface area contributed by atoms with Gasteiger partial charge in [0.2, 0.25) is 5.43 Å². The summed E-state index contributed by atoms with van der Waals surface area (Å²) in [6, 6.07) is 14.8. The fourth-order valence-corrected chi connectivity index (χ4v) is 2.21. The lowest BCUT2D eigenvalue weighted by Gasteiger charge is -2.01. The molecule has 3 rings (SSSR count). The van der Waals surface area contributed by atoms with Crippen molar-refractivity contribution in [3.8, 4) is 11.1 Å². The highest BCUT2D eigenvalue weighted by Crippen LogP contribution is 2.21.